The first kappa shape index (κ1) is 28.3. The van der Waals surface area contributed by atoms with Crippen LogP contribution in [0.1, 0.15) is 28.6 Å². The number of thiophene rings is 1. The van der Waals surface area contributed by atoms with E-state index < -0.39 is 43.5 Å². The van der Waals surface area contributed by atoms with Crippen LogP contribution in [0.5, 0.6) is 0 Å². The zero-order valence-corrected chi connectivity index (χ0v) is 22.9. The van der Waals surface area contributed by atoms with Crippen LogP contribution >= 0.6 is 22.9 Å². The molecule has 3 rings (SSSR count). The Bertz CT molecular complexity index is 1420. The molecule has 9 nitrogen and oxygen atoms in total. The van der Waals surface area contributed by atoms with E-state index >= 15 is 0 Å². The Kier molecular flexibility index (Phi) is 8.61. The minimum atomic E-state index is -3.98. The third-order valence-corrected chi connectivity index (χ3v) is 9.00. The van der Waals surface area contributed by atoms with Crippen molar-refractivity contribution in [3.63, 3.8) is 0 Å². The third-order valence-electron chi connectivity index (χ3n) is 5.44. The number of carbonyl (C=O) groups excluding carboxylic acids is 2. The van der Waals surface area contributed by atoms with Crippen LogP contribution in [0.4, 0.5) is 10.1 Å². The molecule has 2 amide bonds. The highest BCUT2D eigenvalue weighted by Gasteiger charge is 2.36. The second-order valence-corrected chi connectivity index (χ2v) is 14.0. The van der Waals surface area contributed by atoms with Crippen molar-refractivity contribution in [2.45, 2.75) is 19.4 Å². The van der Waals surface area contributed by atoms with Crippen LogP contribution in [0.3, 0.4) is 0 Å². The van der Waals surface area contributed by atoms with E-state index in [1.54, 1.807) is 19.1 Å². The van der Waals surface area contributed by atoms with Crippen LogP contribution in [-0.4, -0.2) is 71.7 Å². The SMILES string of the molecule is C/C(=C\S(=O)(=O)NC1CCN(c2ccc(C(=O)N(C)CCS(C)(=O)=O)cc2F)C1=O)c1ccc(Cl)s1. The van der Waals surface area contributed by atoms with Crippen molar-refractivity contribution in [1.29, 1.82) is 0 Å². The fraction of sp³-hybridized carbons (Fsp3) is 0.364. The average Bonchev–Trinajstić information content (AvgIpc) is 3.36. The lowest BCUT2D eigenvalue weighted by Gasteiger charge is -2.20. The van der Waals surface area contributed by atoms with Gasteiger partial charge in [-0.2, -0.15) is 4.72 Å². The van der Waals surface area contributed by atoms with Crippen LogP contribution < -0.4 is 9.62 Å². The Balaban J connectivity index is 1.70. The lowest BCUT2D eigenvalue weighted by atomic mass is 10.1. The molecule has 1 aliphatic rings. The number of carbonyl (C=O) groups is 2. The Morgan fingerprint density at radius 1 is 1.28 bits per heavy atom. The number of hydrogen-bond donors (Lipinski definition) is 1. The minimum absolute atomic E-state index is 0.00885. The average molecular weight is 578 g/mol. The van der Waals surface area contributed by atoms with Crippen molar-refractivity contribution in [3.05, 3.63) is 56.3 Å². The number of allylic oxidation sites excluding steroid dienone is 1. The van der Waals surface area contributed by atoms with E-state index in [4.69, 9.17) is 11.6 Å². The van der Waals surface area contributed by atoms with E-state index in [2.05, 4.69) is 4.72 Å². The van der Waals surface area contributed by atoms with Crippen LogP contribution in [0.15, 0.2) is 35.7 Å². The summed E-state index contributed by atoms with van der Waals surface area (Å²) in [7, 11) is -5.85. The van der Waals surface area contributed by atoms with Gasteiger partial charge in [0.25, 0.3) is 5.91 Å². The lowest BCUT2D eigenvalue weighted by Crippen LogP contribution is -2.41. The highest BCUT2D eigenvalue weighted by molar-refractivity contribution is 7.92. The first-order chi connectivity index (χ1) is 16.7. The fourth-order valence-corrected chi connectivity index (χ4v) is 6.53. The molecule has 1 aromatic carbocycles. The number of amides is 2. The predicted octanol–water partition coefficient (Wildman–Crippen LogP) is 2.74. The molecule has 196 valence electrons. The van der Waals surface area contributed by atoms with Gasteiger partial charge < -0.3 is 9.80 Å². The Morgan fingerprint density at radius 3 is 2.56 bits per heavy atom. The largest absolute Gasteiger partial charge is 0.341 e. The van der Waals surface area contributed by atoms with E-state index in [-0.39, 0.29) is 36.5 Å². The Labute approximate surface area is 218 Å². The summed E-state index contributed by atoms with van der Waals surface area (Å²) in [5.74, 6) is -2.26. The van der Waals surface area contributed by atoms with Crippen molar-refractivity contribution in [1.82, 2.24) is 9.62 Å². The molecular formula is C22H25ClFN3O6S3. The van der Waals surface area contributed by atoms with Crippen LogP contribution in [-0.2, 0) is 24.7 Å². The standard InChI is InChI=1S/C22H25ClFN3O6S3/c1-14(19-6-7-20(23)34-19)13-36(32,33)25-17-8-9-27(22(17)29)18-5-4-15(12-16(18)24)21(28)26(2)10-11-35(3,30)31/h4-7,12-13,17,25H,8-11H2,1-3H3/b14-13+. The van der Waals surface area contributed by atoms with Gasteiger partial charge in [-0.3, -0.25) is 9.59 Å². The molecule has 1 aliphatic heterocycles. The van der Waals surface area contributed by atoms with Gasteiger partial charge in [-0.1, -0.05) is 11.6 Å². The summed E-state index contributed by atoms with van der Waals surface area (Å²) in [4.78, 5) is 28.3. The molecule has 1 saturated heterocycles. The van der Waals surface area contributed by atoms with Gasteiger partial charge in [0.2, 0.25) is 15.9 Å². The normalized spacial score (nSPS) is 17.0. The van der Waals surface area contributed by atoms with Crippen molar-refractivity contribution in [3.8, 4) is 0 Å². The van der Waals surface area contributed by atoms with Gasteiger partial charge in [0.15, 0.2) is 0 Å². The maximum Gasteiger partial charge on any atom is 0.253 e. The molecule has 0 spiro atoms. The topological polar surface area (TPSA) is 121 Å². The summed E-state index contributed by atoms with van der Waals surface area (Å²) in [6.07, 6.45) is 1.18. The molecule has 1 N–H and O–H groups in total. The number of rotatable bonds is 9. The summed E-state index contributed by atoms with van der Waals surface area (Å²) < 4.78 is 65.6. The van der Waals surface area contributed by atoms with Crippen molar-refractivity contribution >= 4 is 65.9 Å². The maximum absolute atomic E-state index is 14.9. The van der Waals surface area contributed by atoms with Crippen LogP contribution in [0.25, 0.3) is 5.57 Å². The highest BCUT2D eigenvalue weighted by atomic mass is 35.5. The molecule has 1 atom stereocenters. The van der Waals surface area contributed by atoms with Gasteiger partial charge in [-0.15, -0.1) is 11.3 Å². The third kappa shape index (κ3) is 7.13. The molecule has 0 aliphatic carbocycles. The molecular weight excluding hydrogens is 553 g/mol. The number of sulfone groups is 1. The number of halogens is 2. The molecule has 0 radical (unpaired) electrons. The zero-order chi connectivity index (χ0) is 26.8. The summed E-state index contributed by atoms with van der Waals surface area (Å²) in [6, 6.07) is 5.84. The van der Waals surface area contributed by atoms with E-state index in [1.165, 1.54) is 35.4 Å². The summed E-state index contributed by atoms with van der Waals surface area (Å²) >= 11 is 7.12. The summed E-state index contributed by atoms with van der Waals surface area (Å²) in [5, 5.41) is 1.02. The van der Waals surface area contributed by atoms with Gasteiger partial charge in [0.05, 0.1) is 21.2 Å². The molecule has 1 fully saturated rings. The molecule has 1 aromatic heterocycles. The van der Waals surface area contributed by atoms with Gasteiger partial charge >= 0.3 is 0 Å². The van der Waals surface area contributed by atoms with Crippen LogP contribution in [0.2, 0.25) is 4.34 Å². The van der Waals surface area contributed by atoms with Crippen molar-refractivity contribution in [2.75, 3.05) is 37.0 Å². The van der Waals surface area contributed by atoms with E-state index in [9.17, 15) is 30.8 Å². The Hall–Kier alpha value is -2.32. The second kappa shape index (κ2) is 11.0. The first-order valence-corrected chi connectivity index (χ1v) is 15.5. The number of nitrogens with zero attached hydrogens (tertiary/aromatic N) is 2. The maximum atomic E-state index is 14.9. The highest BCUT2D eigenvalue weighted by Crippen LogP contribution is 2.29. The van der Waals surface area contributed by atoms with Gasteiger partial charge in [-0.25, -0.2) is 21.2 Å². The van der Waals surface area contributed by atoms with Gasteiger partial charge in [0.1, 0.15) is 21.7 Å². The molecule has 1 unspecified atom stereocenters. The van der Waals surface area contributed by atoms with E-state index in [1.807, 2.05) is 0 Å². The van der Waals surface area contributed by atoms with Crippen molar-refractivity contribution in [2.24, 2.45) is 0 Å². The molecule has 36 heavy (non-hydrogen) atoms. The Morgan fingerprint density at radius 2 is 1.97 bits per heavy atom. The van der Waals surface area contributed by atoms with E-state index in [0.717, 1.165) is 22.6 Å². The summed E-state index contributed by atoms with van der Waals surface area (Å²) in [6.45, 7) is 1.63. The first-order valence-electron chi connectivity index (χ1n) is 10.7. The number of hydrogen-bond acceptors (Lipinski definition) is 7. The van der Waals surface area contributed by atoms with Gasteiger partial charge in [-0.05, 0) is 49.2 Å². The molecule has 0 saturated carbocycles. The van der Waals surface area contributed by atoms with Crippen molar-refractivity contribution < 1.29 is 30.8 Å². The number of benzene rings is 1. The fourth-order valence-electron chi connectivity index (χ4n) is 3.56. The molecule has 14 heteroatoms. The number of anilines is 1. The quantitative estimate of drug-likeness (QED) is 0.489. The van der Waals surface area contributed by atoms with Crippen LogP contribution in [0, 0.1) is 5.82 Å². The summed E-state index contributed by atoms with van der Waals surface area (Å²) in [5.41, 5.74) is 0.358. The minimum Gasteiger partial charge on any atom is -0.341 e. The number of sulfonamides is 1. The zero-order valence-electron chi connectivity index (χ0n) is 19.7. The van der Waals surface area contributed by atoms with E-state index in [0.29, 0.717) is 14.8 Å². The molecule has 2 aromatic rings. The van der Waals surface area contributed by atoms with Gasteiger partial charge in [0, 0.05) is 36.8 Å². The number of nitrogens with one attached hydrogen (secondary N) is 1. The smallest absolute Gasteiger partial charge is 0.253 e. The predicted molar refractivity (Wildman–Crippen MR) is 139 cm³/mol. The lowest BCUT2D eigenvalue weighted by molar-refractivity contribution is -0.118. The molecule has 2 heterocycles. The second-order valence-electron chi connectivity index (χ2n) is 8.42. The monoisotopic (exact) mass is 577 g/mol. The molecule has 0 bridgehead atoms.